The van der Waals surface area contributed by atoms with Gasteiger partial charge in [0.15, 0.2) is 0 Å². The maximum absolute atomic E-state index is 12.3. The van der Waals surface area contributed by atoms with Crippen LogP contribution in [0.4, 0.5) is 13.2 Å². The van der Waals surface area contributed by atoms with Crippen LogP contribution in [0.5, 0.6) is 0 Å². The van der Waals surface area contributed by atoms with E-state index in [-0.39, 0.29) is 0 Å². The van der Waals surface area contributed by atoms with E-state index in [0.29, 0.717) is 17.2 Å². The van der Waals surface area contributed by atoms with Gasteiger partial charge >= 0.3 is 6.18 Å². The molecule has 1 aromatic rings. The summed E-state index contributed by atoms with van der Waals surface area (Å²) in [7, 11) is 0. The van der Waals surface area contributed by atoms with Crippen molar-refractivity contribution in [2.75, 3.05) is 6.67 Å². The molecule has 0 radical (unpaired) electrons. The Kier molecular flexibility index (Phi) is 1.94. The Morgan fingerprint density at radius 2 is 2.07 bits per heavy atom. The van der Waals surface area contributed by atoms with Crippen LogP contribution in [0.1, 0.15) is 5.56 Å². The number of rotatable bonds is 0. The Morgan fingerprint density at radius 1 is 1.29 bits per heavy atom. The molecule has 0 aliphatic carbocycles. The monoisotopic (exact) mass is 200 g/mol. The standard InChI is InChI=1S/C9H7F3N2/c10-9(11,12)7-2-1-6-4-13-5-14-8(6)3-7/h1-4,13H,5H2. The molecule has 1 aliphatic rings. The highest BCUT2D eigenvalue weighted by Gasteiger charge is 2.30. The van der Waals surface area contributed by atoms with Crippen molar-refractivity contribution in [3.8, 4) is 0 Å². The molecule has 1 aliphatic heterocycles. The molecule has 74 valence electrons. The summed E-state index contributed by atoms with van der Waals surface area (Å²) in [6.45, 7) is 0.328. The first kappa shape index (κ1) is 9.05. The van der Waals surface area contributed by atoms with Crippen LogP contribution < -0.4 is 15.9 Å². The fraction of sp³-hybridized carbons (Fsp3) is 0.222. The van der Waals surface area contributed by atoms with Crippen molar-refractivity contribution >= 4 is 6.20 Å². The highest BCUT2D eigenvalue weighted by atomic mass is 19.4. The van der Waals surface area contributed by atoms with E-state index in [9.17, 15) is 13.2 Å². The van der Waals surface area contributed by atoms with Gasteiger partial charge in [0.2, 0.25) is 0 Å². The molecule has 0 saturated heterocycles. The molecule has 1 heterocycles. The van der Waals surface area contributed by atoms with Crippen LogP contribution in [0, 0.1) is 0 Å². The van der Waals surface area contributed by atoms with Crippen molar-refractivity contribution in [1.82, 2.24) is 5.32 Å². The van der Waals surface area contributed by atoms with E-state index in [0.717, 1.165) is 12.1 Å². The third kappa shape index (κ3) is 1.57. The molecule has 0 bridgehead atoms. The average molecular weight is 200 g/mol. The molecule has 1 aromatic carbocycles. The minimum Gasteiger partial charge on any atom is -0.372 e. The Balaban J connectivity index is 2.62. The molecule has 2 nitrogen and oxygen atoms in total. The molecule has 0 amide bonds. The van der Waals surface area contributed by atoms with Gasteiger partial charge in [-0.3, -0.25) is 4.99 Å². The fourth-order valence-corrected chi connectivity index (χ4v) is 1.27. The van der Waals surface area contributed by atoms with E-state index in [4.69, 9.17) is 0 Å². The van der Waals surface area contributed by atoms with E-state index >= 15 is 0 Å². The summed E-state index contributed by atoms with van der Waals surface area (Å²) in [5.41, 5.74) is -0.657. The number of halogens is 3. The summed E-state index contributed by atoms with van der Waals surface area (Å²) in [6, 6.07) is 3.53. The number of nitrogens with one attached hydrogen (secondary N) is 1. The normalized spacial score (nSPS) is 14.8. The first-order valence-electron chi connectivity index (χ1n) is 4.03. The number of alkyl halides is 3. The van der Waals surface area contributed by atoms with Crippen molar-refractivity contribution in [1.29, 1.82) is 0 Å². The number of benzene rings is 1. The molecule has 0 saturated carbocycles. The third-order valence-corrected chi connectivity index (χ3v) is 1.96. The number of fused-ring (bicyclic) bond motifs is 1. The third-order valence-electron chi connectivity index (χ3n) is 1.96. The average Bonchev–Trinajstić information content (AvgIpc) is 2.16. The molecule has 0 atom stereocenters. The minimum absolute atomic E-state index is 0.328. The number of hydrogen-bond acceptors (Lipinski definition) is 2. The Bertz CT molecular complexity index is 462. The van der Waals surface area contributed by atoms with Crippen LogP contribution >= 0.6 is 0 Å². The second-order valence-electron chi connectivity index (χ2n) is 2.94. The Morgan fingerprint density at radius 3 is 2.79 bits per heavy atom. The Labute approximate surface area is 77.8 Å². The summed E-state index contributed by atoms with van der Waals surface area (Å²) in [4.78, 5) is 3.92. The molecule has 0 unspecified atom stereocenters. The molecule has 5 heteroatoms. The molecule has 1 N–H and O–H groups in total. The molecule has 2 rings (SSSR count). The summed E-state index contributed by atoms with van der Waals surface area (Å²) >= 11 is 0. The molecule has 0 fully saturated rings. The fourth-order valence-electron chi connectivity index (χ4n) is 1.27. The summed E-state index contributed by atoms with van der Waals surface area (Å²) in [5.74, 6) is 0. The first-order chi connectivity index (χ1) is 6.57. The largest absolute Gasteiger partial charge is 0.416 e. The molecule has 14 heavy (non-hydrogen) atoms. The lowest BCUT2D eigenvalue weighted by atomic mass is 10.2. The Hall–Kier alpha value is -1.52. The zero-order chi connectivity index (χ0) is 10.2. The maximum Gasteiger partial charge on any atom is 0.416 e. The van der Waals surface area contributed by atoms with Gasteiger partial charge in [-0.25, -0.2) is 0 Å². The number of hydrogen-bond donors (Lipinski definition) is 1. The van der Waals surface area contributed by atoms with Gasteiger partial charge in [-0.15, -0.1) is 0 Å². The SMILES string of the molecule is FC(F)(F)c1ccc2c(c1)=NCNC=2. The van der Waals surface area contributed by atoms with Crippen LogP contribution in [-0.2, 0) is 6.18 Å². The lowest BCUT2D eigenvalue weighted by molar-refractivity contribution is -0.137. The quantitative estimate of drug-likeness (QED) is 0.652. The van der Waals surface area contributed by atoms with Crippen molar-refractivity contribution in [3.63, 3.8) is 0 Å². The van der Waals surface area contributed by atoms with Gasteiger partial charge < -0.3 is 5.32 Å². The summed E-state index contributed by atoms with van der Waals surface area (Å²) in [5, 5.41) is 3.90. The van der Waals surface area contributed by atoms with Crippen LogP contribution in [0.15, 0.2) is 23.2 Å². The van der Waals surface area contributed by atoms with Crippen molar-refractivity contribution in [2.24, 2.45) is 4.99 Å². The maximum atomic E-state index is 12.3. The van der Waals surface area contributed by atoms with Crippen molar-refractivity contribution in [3.05, 3.63) is 34.3 Å². The molecular weight excluding hydrogens is 193 g/mol. The predicted molar refractivity (Wildman–Crippen MR) is 44.7 cm³/mol. The van der Waals surface area contributed by atoms with E-state index in [1.54, 1.807) is 6.20 Å². The van der Waals surface area contributed by atoms with Crippen LogP contribution in [0.2, 0.25) is 0 Å². The van der Waals surface area contributed by atoms with Crippen LogP contribution in [0.3, 0.4) is 0 Å². The lowest BCUT2D eigenvalue weighted by Crippen LogP contribution is -2.34. The smallest absolute Gasteiger partial charge is 0.372 e. The lowest BCUT2D eigenvalue weighted by Gasteiger charge is -2.07. The van der Waals surface area contributed by atoms with Gasteiger partial charge in [-0.1, -0.05) is 6.07 Å². The van der Waals surface area contributed by atoms with Crippen LogP contribution in [-0.4, -0.2) is 6.67 Å². The molecule has 0 spiro atoms. The van der Waals surface area contributed by atoms with E-state index in [1.807, 2.05) is 0 Å². The highest BCUT2D eigenvalue weighted by molar-refractivity contribution is 5.27. The van der Waals surface area contributed by atoms with Gasteiger partial charge in [-0.2, -0.15) is 13.2 Å². The zero-order valence-electron chi connectivity index (χ0n) is 7.10. The number of nitrogens with zero attached hydrogens (tertiary/aromatic N) is 1. The van der Waals surface area contributed by atoms with Gasteiger partial charge in [-0.05, 0) is 12.1 Å². The van der Waals surface area contributed by atoms with Gasteiger partial charge in [0.25, 0.3) is 0 Å². The van der Waals surface area contributed by atoms with E-state index in [1.165, 1.54) is 6.07 Å². The molecule has 0 aromatic heterocycles. The first-order valence-corrected chi connectivity index (χ1v) is 4.03. The predicted octanol–water partition coefficient (Wildman–Crippen LogP) is 0.624. The van der Waals surface area contributed by atoms with Gasteiger partial charge in [0.05, 0.1) is 10.9 Å². The highest BCUT2D eigenvalue weighted by Crippen LogP contribution is 2.27. The van der Waals surface area contributed by atoms with E-state index in [2.05, 4.69) is 10.3 Å². The van der Waals surface area contributed by atoms with Gasteiger partial charge in [0.1, 0.15) is 6.67 Å². The topological polar surface area (TPSA) is 24.4 Å². The minimum atomic E-state index is -4.30. The van der Waals surface area contributed by atoms with Crippen LogP contribution in [0.25, 0.3) is 6.20 Å². The van der Waals surface area contributed by atoms with E-state index < -0.39 is 11.7 Å². The van der Waals surface area contributed by atoms with Gasteiger partial charge in [0, 0.05) is 11.4 Å². The summed E-state index contributed by atoms with van der Waals surface area (Å²) < 4.78 is 36.9. The van der Waals surface area contributed by atoms with Crippen molar-refractivity contribution in [2.45, 2.75) is 6.18 Å². The zero-order valence-corrected chi connectivity index (χ0v) is 7.10. The second kappa shape index (κ2) is 3.01. The second-order valence-corrected chi connectivity index (χ2v) is 2.94. The summed E-state index contributed by atoms with van der Waals surface area (Å²) in [6.07, 6.45) is -2.64. The molecular formula is C9H7F3N2. The van der Waals surface area contributed by atoms with Crippen molar-refractivity contribution < 1.29 is 13.2 Å².